The zero-order valence-electron chi connectivity index (χ0n) is 9.27. The van der Waals surface area contributed by atoms with Gasteiger partial charge in [0.2, 0.25) is 0 Å². The van der Waals surface area contributed by atoms with Crippen molar-refractivity contribution in [1.29, 1.82) is 0 Å². The monoisotopic (exact) mass is 274 g/mol. The Morgan fingerprint density at radius 2 is 1.78 bits per heavy atom. The van der Waals surface area contributed by atoms with Gasteiger partial charge in [-0.25, -0.2) is 4.98 Å². The molecule has 0 amide bonds. The maximum absolute atomic E-state index is 6.21. The summed E-state index contributed by atoms with van der Waals surface area (Å²) in [5.74, 6) is 0. The number of para-hydroxylation sites is 1. The molecule has 2 heterocycles. The summed E-state index contributed by atoms with van der Waals surface area (Å²) in [6, 6.07) is 11.7. The van der Waals surface area contributed by atoms with Crippen molar-refractivity contribution in [3.8, 4) is 11.1 Å². The molecular formula is C14H8Cl2N2. The van der Waals surface area contributed by atoms with Crippen LogP contribution in [0.4, 0.5) is 0 Å². The van der Waals surface area contributed by atoms with Gasteiger partial charge in [-0.3, -0.25) is 4.98 Å². The molecule has 0 fully saturated rings. The molecule has 0 unspecified atom stereocenters. The molecule has 0 N–H and O–H groups in total. The van der Waals surface area contributed by atoms with Crippen LogP contribution < -0.4 is 0 Å². The predicted octanol–water partition coefficient (Wildman–Crippen LogP) is 4.60. The summed E-state index contributed by atoms with van der Waals surface area (Å²) < 4.78 is 0. The lowest BCUT2D eigenvalue weighted by Gasteiger charge is -2.06. The molecule has 18 heavy (non-hydrogen) atoms. The van der Waals surface area contributed by atoms with Gasteiger partial charge in [0.15, 0.2) is 0 Å². The molecule has 4 heteroatoms. The van der Waals surface area contributed by atoms with Gasteiger partial charge in [-0.1, -0.05) is 41.4 Å². The van der Waals surface area contributed by atoms with E-state index >= 15 is 0 Å². The molecule has 88 valence electrons. The van der Waals surface area contributed by atoms with E-state index in [1.54, 1.807) is 12.4 Å². The molecule has 0 aliphatic rings. The van der Waals surface area contributed by atoms with Crippen LogP contribution in [0.2, 0.25) is 10.2 Å². The summed E-state index contributed by atoms with van der Waals surface area (Å²) in [5, 5.41) is 2.08. The summed E-state index contributed by atoms with van der Waals surface area (Å²) >= 11 is 12.1. The molecule has 2 aromatic heterocycles. The van der Waals surface area contributed by atoms with Gasteiger partial charge in [-0.05, 0) is 18.2 Å². The molecule has 0 spiro atoms. The summed E-state index contributed by atoms with van der Waals surface area (Å²) in [6.45, 7) is 0. The number of benzene rings is 1. The molecule has 0 saturated carbocycles. The van der Waals surface area contributed by atoms with Crippen LogP contribution in [0.5, 0.6) is 0 Å². The molecule has 2 nitrogen and oxygen atoms in total. The minimum atomic E-state index is 0.456. The highest BCUT2D eigenvalue weighted by Gasteiger charge is 2.07. The van der Waals surface area contributed by atoms with Gasteiger partial charge in [0, 0.05) is 28.9 Å². The second-order valence-corrected chi connectivity index (χ2v) is 4.71. The van der Waals surface area contributed by atoms with Crippen LogP contribution >= 0.6 is 23.2 Å². The third-order valence-electron chi connectivity index (χ3n) is 2.69. The van der Waals surface area contributed by atoms with E-state index in [-0.39, 0.29) is 0 Å². The Labute approximate surface area is 114 Å². The lowest BCUT2D eigenvalue weighted by Crippen LogP contribution is -1.87. The number of hydrogen-bond donors (Lipinski definition) is 0. The first-order chi connectivity index (χ1) is 8.74. The maximum Gasteiger partial charge on any atom is 0.137 e. The first-order valence-electron chi connectivity index (χ1n) is 5.40. The third kappa shape index (κ3) is 2.05. The second kappa shape index (κ2) is 4.56. The zero-order chi connectivity index (χ0) is 12.5. The molecule has 0 bridgehead atoms. The Morgan fingerprint density at radius 1 is 0.944 bits per heavy atom. The van der Waals surface area contributed by atoms with Crippen molar-refractivity contribution in [3.05, 3.63) is 59.0 Å². The predicted molar refractivity (Wildman–Crippen MR) is 75.0 cm³/mol. The molecule has 0 atom stereocenters. The lowest BCUT2D eigenvalue weighted by atomic mass is 10.1. The Hall–Kier alpha value is -1.64. The first kappa shape index (κ1) is 11.5. The fourth-order valence-corrected chi connectivity index (χ4v) is 2.28. The highest BCUT2D eigenvalue weighted by Crippen LogP contribution is 2.30. The van der Waals surface area contributed by atoms with Gasteiger partial charge in [-0.2, -0.15) is 0 Å². The van der Waals surface area contributed by atoms with Gasteiger partial charge in [-0.15, -0.1) is 0 Å². The maximum atomic E-state index is 6.21. The number of halogens is 2. The third-order valence-corrected chi connectivity index (χ3v) is 3.19. The van der Waals surface area contributed by atoms with E-state index in [9.17, 15) is 0 Å². The molecule has 0 radical (unpaired) electrons. The molecule has 0 aliphatic carbocycles. The standard InChI is InChI=1S/C14H8Cl2N2/c15-11-5-10(7-17-8-11)12-6-9-3-1-2-4-13(9)18-14(12)16/h1-8H. The SMILES string of the molecule is Clc1cncc(-c2cc3ccccc3nc2Cl)c1. The van der Waals surface area contributed by atoms with Gasteiger partial charge < -0.3 is 0 Å². The smallest absolute Gasteiger partial charge is 0.137 e. The fourth-order valence-electron chi connectivity index (χ4n) is 1.85. The number of pyridine rings is 2. The van der Waals surface area contributed by atoms with Crippen LogP contribution in [0.25, 0.3) is 22.0 Å². The average Bonchev–Trinajstić information content (AvgIpc) is 2.38. The van der Waals surface area contributed by atoms with E-state index < -0.39 is 0 Å². The molecule has 3 rings (SSSR count). The van der Waals surface area contributed by atoms with Gasteiger partial charge in [0.1, 0.15) is 5.15 Å². The quantitative estimate of drug-likeness (QED) is 0.606. The summed E-state index contributed by atoms with van der Waals surface area (Å²) in [6.07, 6.45) is 3.32. The van der Waals surface area contributed by atoms with Gasteiger partial charge in [0.25, 0.3) is 0 Å². The normalized spacial score (nSPS) is 10.8. The number of hydrogen-bond acceptors (Lipinski definition) is 2. The van der Waals surface area contributed by atoms with E-state index in [4.69, 9.17) is 23.2 Å². The molecular weight excluding hydrogens is 267 g/mol. The zero-order valence-corrected chi connectivity index (χ0v) is 10.8. The van der Waals surface area contributed by atoms with Crippen molar-refractivity contribution in [3.63, 3.8) is 0 Å². The van der Waals surface area contributed by atoms with Crippen molar-refractivity contribution in [2.45, 2.75) is 0 Å². The molecule has 0 aliphatic heterocycles. The fraction of sp³-hybridized carbons (Fsp3) is 0. The Morgan fingerprint density at radius 3 is 2.61 bits per heavy atom. The lowest BCUT2D eigenvalue weighted by molar-refractivity contribution is 1.32. The highest BCUT2D eigenvalue weighted by molar-refractivity contribution is 6.33. The van der Waals surface area contributed by atoms with E-state index in [0.717, 1.165) is 22.0 Å². The van der Waals surface area contributed by atoms with E-state index in [1.165, 1.54) is 0 Å². The van der Waals surface area contributed by atoms with Crippen LogP contribution in [0.1, 0.15) is 0 Å². The number of rotatable bonds is 1. The van der Waals surface area contributed by atoms with Crippen LogP contribution in [-0.2, 0) is 0 Å². The van der Waals surface area contributed by atoms with E-state index in [0.29, 0.717) is 10.2 Å². The largest absolute Gasteiger partial charge is 0.263 e. The first-order valence-corrected chi connectivity index (χ1v) is 6.16. The van der Waals surface area contributed by atoms with Crippen LogP contribution in [-0.4, -0.2) is 9.97 Å². The molecule has 0 saturated heterocycles. The Kier molecular flexibility index (Phi) is 2.90. The highest BCUT2D eigenvalue weighted by atomic mass is 35.5. The van der Waals surface area contributed by atoms with Crippen molar-refractivity contribution < 1.29 is 0 Å². The Balaban J connectivity index is 2.26. The minimum Gasteiger partial charge on any atom is -0.263 e. The molecule has 3 aromatic rings. The van der Waals surface area contributed by atoms with E-state index in [1.807, 2.05) is 36.4 Å². The van der Waals surface area contributed by atoms with Crippen LogP contribution in [0, 0.1) is 0 Å². The second-order valence-electron chi connectivity index (χ2n) is 3.91. The minimum absolute atomic E-state index is 0.456. The summed E-state index contributed by atoms with van der Waals surface area (Å²) in [4.78, 5) is 8.44. The van der Waals surface area contributed by atoms with Crippen molar-refractivity contribution >= 4 is 34.1 Å². The number of fused-ring (bicyclic) bond motifs is 1. The Bertz CT molecular complexity index is 726. The molecule has 1 aromatic carbocycles. The van der Waals surface area contributed by atoms with Crippen molar-refractivity contribution in [2.24, 2.45) is 0 Å². The summed E-state index contributed by atoms with van der Waals surface area (Å²) in [5.41, 5.74) is 2.58. The van der Waals surface area contributed by atoms with E-state index in [2.05, 4.69) is 9.97 Å². The van der Waals surface area contributed by atoms with Gasteiger partial charge in [0.05, 0.1) is 10.5 Å². The van der Waals surface area contributed by atoms with Crippen molar-refractivity contribution in [2.75, 3.05) is 0 Å². The van der Waals surface area contributed by atoms with Crippen LogP contribution in [0.3, 0.4) is 0 Å². The number of aromatic nitrogens is 2. The van der Waals surface area contributed by atoms with Crippen molar-refractivity contribution in [1.82, 2.24) is 9.97 Å². The topological polar surface area (TPSA) is 25.8 Å². The van der Waals surface area contributed by atoms with Crippen LogP contribution in [0.15, 0.2) is 48.8 Å². The summed E-state index contributed by atoms with van der Waals surface area (Å²) in [7, 11) is 0. The average molecular weight is 275 g/mol. The number of nitrogens with zero attached hydrogens (tertiary/aromatic N) is 2. The van der Waals surface area contributed by atoms with Gasteiger partial charge >= 0.3 is 0 Å².